The van der Waals surface area contributed by atoms with E-state index in [0.717, 1.165) is 70.5 Å². The zero-order chi connectivity index (χ0) is 26.9. The van der Waals surface area contributed by atoms with Gasteiger partial charge in [-0.25, -0.2) is 4.79 Å². The molecule has 3 N–H and O–H groups in total. The molecule has 3 heterocycles. The summed E-state index contributed by atoms with van der Waals surface area (Å²) >= 11 is 0. The van der Waals surface area contributed by atoms with Crippen LogP contribution in [0.25, 0.3) is 11.2 Å². The predicted octanol–water partition coefficient (Wildman–Crippen LogP) is 2.19. The number of nitrogens with two attached hydrogens (primary N) is 1. The van der Waals surface area contributed by atoms with Crippen LogP contribution in [0.5, 0.6) is 6.01 Å². The van der Waals surface area contributed by atoms with Gasteiger partial charge in [0.25, 0.3) is 0 Å². The van der Waals surface area contributed by atoms with Crippen molar-refractivity contribution in [1.29, 1.82) is 0 Å². The molecular formula is C27H39N7O4. The molecule has 1 aromatic carbocycles. The maximum atomic E-state index is 12.5. The Labute approximate surface area is 222 Å². The molecular weight excluding hydrogens is 486 g/mol. The molecule has 11 heteroatoms. The van der Waals surface area contributed by atoms with Gasteiger partial charge in [-0.05, 0) is 36.9 Å². The second-order valence-electron chi connectivity index (χ2n) is 9.77. The molecule has 0 bridgehead atoms. The van der Waals surface area contributed by atoms with Crippen LogP contribution in [0.2, 0.25) is 0 Å². The van der Waals surface area contributed by atoms with Crippen LogP contribution in [0.1, 0.15) is 43.7 Å². The van der Waals surface area contributed by atoms with Crippen LogP contribution in [0.15, 0.2) is 29.1 Å². The van der Waals surface area contributed by atoms with E-state index in [-0.39, 0.29) is 23.5 Å². The third-order valence-electron chi connectivity index (χ3n) is 6.90. The largest absolute Gasteiger partial charge is 0.469 e. The molecule has 0 spiro atoms. The molecule has 1 saturated heterocycles. The number of esters is 1. The average molecular weight is 526 g/mol. The molecule has 0 radical (unpaired) electrons. The van der Waals surface area contributed by atoms with Crippen molar-refractivity contribution in [2.24, 2.45) is 0 Å². The third-order valence-corrected chi connectivity index (χ3v) is 6.90. The molecule has 0 amide bonds. The van der Waals surface area contributed by atoms with Crippen molar-refractivity contribution in [3.63, 3.8) is 0 Å². The van der Waals surface area contributed by atoms with Crippen molar-refractivity contribution in [1.82, 2.24) is 29.3 Å². The van der Waals surface area contributed by atoms with Gasteiger partial charge in [0.1, 0.15) is 5.52 Å². The monoisotopic (exact) mass is 525 g/mol. The van der Waals surface area contributed by atoms with Gasteiger partial charge in [0, 0.05) is 39.3 Å². The quantitative estimate of drug-likeness (QED) is 0.255. The first-order chi connectivity index (χ1) is 18.5. The minimum Gasteiger partial charge on any atom is -0.469 e. The van der Waals surface area contributed by atoms with Gasteiger partial charge in [-0.2, -0.15) is 9.97 Å². The van der Waals surface area contributed by atoms with E-state index in [2.05, 4.69) is 43.8 Å². The topological polar surface area (TPSA) is 132 Å². The number of nitrogen functional groups attached to an aromatic ring is 1. The molecule has 3 aromatic rings. The number of carbonyl (C=O) groups excluding carboxylic acids is 1. The second-order valence-corrected chi connectivity index (χ2v) is 9.77. The number of anilines is 1. The molecule has 0 unspecified atom stereocenters. The first kappa shape index (κ1) is 27.6. The highest BCUT2D eigenvalue weighted by molar-refractivity contribution is 5.81. The summed E-state index contributed by atoms with van der Waals surface area (Å²) in [6, 6.07) is 8.38. The second kappa shape index (κ2) is 13.4. The minimum absolute atomic E-state index is 0.212. The van der Waals surface area contributed by atoms with Crippen LogP contribution in [-0.2, 0) is 29.0 Å². The Morgan fingerprint density at radius 1 is 1.05 bits per heavy atom. The first-order valence-electron chi connectivity index (χ1n) is 13.4. The highest BCUT2D eigenvalue weighted by Gasteiger charge is 2.18. The lowest BCUT2D eigenvalue weighted by Crippen LogP contribution is -2.46. The normalized spacial score (nSPS) is 14.7. The Bertz CT molecular complexity index is 1260. The summed E-state index contributed by atoms with van der Waals surface area (Å²) in [5.74, 6) is 0.00863. The van der Waals surface area contributed by atoms with Crippen molar-refractivity contribution < 1.29 is 14.3 Å². The Balaban J connectivity index is 1.22. The number of imidazole rings is 1. The highest BCUT2D eigenvalue weighted by Crippen LogP contribution is 2.18. The van der Waals surface area contributed by atoms with E-state index < -0.39 is 0 Å². The minimum atomic E-state index is -0.226. The van der Waals surface area contributed by atoms with Crippen molar-refractivity contribution in [3.8, 4) is 6.01 Å². The van der Waals surface area contributed by atoms with Crippen LogP contribution in [0.4, 0.5) is 5.82 Å². The zero-order valence-corrected chi connectivity index (χ0v) is 22.4. The van der Waals surface area contributed by atoms with Crippen molar-refractivity contribution in [3.05, 3.63) is 45.9 Å². The third kappa shape index (κ3) is 7.32. The fraction of sp³-hybridized carbons (Fsp3) is 0.556. The van der Waals surface area contributed by atoms with E-state index in [1.54, 1.807) is 4.57 Å². The van der Waals surface area contributed by atoms with Gasteiger partial charge < -0.3 is 25.1 Å². The Morgan fingerprint density at radius 2 is 1.79 bits per heavy atom. The number of methoxy groups -OCH3 is 1. The van der Waals surface area contributed by atoms with Crippen molar-refractivity contribution in [2.75, 3.05) is 52.2 Å². The SMILES string of the molecule is CCCCOc1nc(N)c2[nH]c(=O)n(CCCCN3CCN(Cc4cccc(CC(=O)OC)c4)CC3)c2n1. The van der Waals surface area contributed by atoms with Crippen molar-refractivity contribution >= 4 is 23.0 Å². The van der Waals surface area contributed by atoms with E-state index in [1.807, 2.05) is 12.1 Å². The molecule has 4 rings (SSSR count). The average Bonchev–Trinajstić information content (AvgIpc) is 3.23. The van der Waals surface area contributed by atoms with E-state index >= 15 is 0 Å². The molecule has 2 aromatic heterocycles. The van der Waals surface area contributed by atoms with Gasteiger partial charge in [-0.3, -0.25) is 14.3 Å². The number of ether oxygens (including phenoxy) is 2. The van der Waals surface area contributed by atoms with Gasteiger partial charge in [0.15, 0.2) is 11.5 Å². The number of H-pyrrole nitrogens is 1. The van der Waals surface area contributed by atoms with E-state index in [4.69, 9.17) is 15.2 Å². The summed E-state index contributed by atoms with van der Waals surface area (Å²) in [7, 11) is 1.42. The Kier molecular flexibility index (Phi) is 9.72. The van der Waals surface area contributed by atoms with Gasteiger partial charge >= 0.3 is 17.7 Å². The van der Waals surface area contributed by atoms with Gasteiger partial charge in [-0.15, -0.1) is 0 Å². The maximum absolute atomic E-state index is 12.5. The van der Waals surface area contributed by atoms with Gasteiger partial charge in [0.2, 0.25) is 0 Å². The molecule has 1 aliphatic heterocycles. The summed E-state index contributed by atoms with van der Waals surface area (Å²) in [5.41, 5.74) is 8.98. The number of hydrogen-bond donors (Lipinski definition) is 2. The molecule has 0 atom stereocenters. The van der Waals surface area contributed by atoms with E-state index in [0.29, 0.717) is 30.7 Å². The van der Waals surface area contributed by atoms with Crippen LogP contribution in [0, 0.1) is 0 Å². The lowest BCUT2D eigenvalue weighted by atomic mass is 10.1. The summed E-state index contributed by atoms with van der Waals surface area (Å²) < 4.78 is 12.0. The summed E-state index contributed by atoms with van der Waals surface area (Å²) in [6.07, 6.45) is 4.05. The molecule has 11 nitrogen and oxygen atoms in total. The summed E-state index contributed by atoms with van der Waals surface area (Å²) in [5, 5.41) is 0. The zero-order valence-electron chi connectivity index (χ0n) is 22.4. The molecule has 206 valence electrons. The number of unbranched alkanes of at least 4 members (excludes halogenated alkanes) is 2. The van der Waals surface area contributed by atoms with Crippen molar-refractivity contribution in [2.45, 2.75) is 52.1 Å². The van der Waals surface area contributed by atoms with Gasteiger partial charge in [0.05, 0.1) is 20.1 Å². The number of fused-ring (bicyclic) bond motifs is 1. The number of nitrogens with one attached hydrogen (secondary N) is 1. The standard InChI is InChI=1S/C27H39N7O4/c1-3-4-16-38-26-30-24(28)23-25(31-26)34(27(36)29-23)11-6-5-10-32-12-14-33(15-13-32)19-21-9-7-8-20(17-21)18-22(35)37-2/h7-9,17H,3-6,10-16,18-19H2,1-2H3,(H,29,36)(H2,28,30,31). The molecule has 0 aliphatic carbocycles. The van der Waals surface area contributed by atoms with Gasteiger partial charge in [-0.1, -0.05) is 37.6 Å². The predicted molar refractivity (Wildman–Crippen MR) is 146 cm³/mol. The number of carbonyl (C=O) groups is 1. The maximum Gasteiger partial charge on any atom is 0.327 e. The Hall–Kier alpha value is -3.44. The molecule has 38 heavy (non-hydrogen) atoms. The number of hydrogen-bond acceptors (Lipinski definition) is 9. The Morgan fingerprint density at radius 3 is 2.55 bits per heavy atom. The lowest BCUT2D eigenvalue weighted by molar-refractivity contribution is -0.139. The van der Waals surface area contributed by atoms with Crippen LogP contribution in [0.3, 0.4) is 0 Å². The number of benzene rings is 1. The van der Waals surface area contributed by atoms with E-state index in [1.165, 1.54) is 12.7 Å². The number of rotatable bonds is 13. The number of aromatic nitrogens is 4. The summed E-state index contributed by atoms with van der Waals surface area (Å²) in [6.45, 7) is 9.05. The lowest BCUT2D eigenvalue weighted by Gasteiger charge is -2.34. The van der Waals surface area contributed by atoms with E-state index in [9.17, 15) is 9.59 Å². The number of nitrogens with zero attached hydrogens (tertiary/aromatic N) is 5. The first-order valence-corrected chi connectivity index (χ1v) is 13.4. The number of aromatic amines is 1. The summed E-state index contributed by atoms with van der Waals surface area (Å²) in [4.78, 5) is 40.4. The molecule has 0 saturated carbocycles. The van der Waals surface area contributed by atoms with Crippen LogP contribution < -0.4 is 16.2 Å². The molecule has 1 aliphatic rings. The number of aryl methyl sites for hydroxylation is 1. The highest BCUT2D eigenvalue weighted by atomic mass is 16.5. The fourth-order valence-electron chi connectivity index (χ4n) is 4.72. The molecule has 1 fully saturated rings. The van der Waals surface area contributed by atoms with Crippen LogP contribution >= 0.6 is 0 Å². The number of piperazine rings is 1. The fourth-order valence-corrected chi connectivity index (χ4v) is 4.72. The smallest absolute Gasteiger partial charge is 0.327 e. The van der Waals surface area contributed by atoms with Crippen LogP contribution in [-0.4, -0.2) is 81.7 Å².